The lowest BCUT2D eigenvalue weighted by Gasteiger charge is -1.87. The van der Waals surface area contributed by atoms with Crippen molar-refractivity contribution >= 4 is 5.97 Å². The summed E-state index contributed by atoms with van der Waals surface area (Å²) in [5.41, 5.74) is 0. The van der Waals surface area contributed by atoms with Gasteiger partial charge in [0, 0.05) is 0 Å². The summed E-state index contributed by atoms with van der Waals surface area (Å²) in [4.78, 5) is 10.2. The third-order valence-electron chi connectivity index (χ3n) is 0.985. The Kier molecular flexibility index (Phi) is 0.970. The number of aliphatic hydroxyl groups excluding tert-OH is 1. The lowest BCUT2D eigenvalue weighted by atomic mass is 10.4. The molecule has 1 heterocycles. The van der Waals surface area contributed by atoms with Gasteiger partial charge in [0.2, 0.25) is 0 Å². The maximum atomic E-state index is 10.2. The molecule has 0 aromatic heterocycles. The highest BCUT2D eigenvalue weighted by Gasteiger charge is 2.18. The largest absolute Gasteiger partial charge is 0.508 e. The van der Waals surface area contributed by atoms with Crippen molar-refractivity contribution in [3.8, 4) is 0 Å². The van der Waals surface area contributed by atoms with E-state index in [1.54, 1.807) is 6.92 Å². The lowest BCUT2D eigenvalue weighted by Crippen LogP contribution is -1.91. The van der Waals surface area contributed by atoms with Crippen LogP contribution in [0.25, 0.3) is 0 Å². The fraction of sp³-hybridized carbons (Fsp3) is 0.400. The van der Waals surface area contributed by atoms with Gasteiger partial charge in [-0.15, -0.1) is 0 Å². The molecule has 3 heteroatoms. The van der Waals surface area contributed by atoms with E-state index in [-0.39, 0.29) is 18.1 Å². The molecule has 0 aromatic carbocycles. The van der Waals surface area contributed by atoms with Crippen molar-refractivity contribution in [2.75, 3.05) is 0 Å². The van der Waals surface area contributed by atoms with Crippen LogP contribution in [0.1, 0.15) is 13.3 Å². The molecule has 0 unspecified atom stereocenters. The minimum atomic E-state index is -0.375. The zero-order chi connectivity index (χ0) is 6.15. The van der Waals surface area contributed by atoms with Gasteiger partial charge in [0.05, 0.1) is 0 Å². The number of hydrogen-bond acceptors (Lipinski definition) is 3. The second kappa shape index (κ2) is 1.51. The van der Waals surface area contributed by atoms with Gasteiger partial charge in [-0.05, 0) is 6.92 Å². The van der Waals surface area contributed by atoms with E-state index in [9.17, 15) is 4.79 Å². The highest BCUT2D eigenvalue weighted by molar-refractivity contribution is 5.75. The fourth-order valence-corrected chi connectivity index (χ4v) is 0.527. The van der Waals surface area contributed by atoms with Crippen LogP contribution in [0.15, 0.2) is 11.5 Å². The lowest BCUT2D eigenvalue weighted by molar-refractivity contribution is -0.136. The molecule has 3 nitrogen and oxygen atoms in total. The van der Waals surface area contributed by atoms with E-state index in [0.29, 0.717) is 5.76 Å². The molecule has 1 rings (SSSR count). The molecule has 0 atom stereocenters. The van der Waals surface area contributed by atoms with E-state index in [4.69, 9.17) is 5.11 Å². The smallest absolute Gasteiger partial charge is 0.318 e. The molecule has 0 saturated carbocycles. The minimum absolute atomic E-state index is 0.0336. The van der Waals surface area contributed by atoms with Gasteiger partial charge >= 0.3 is 5.97 Å². The standard InChI is InChI=1S/C5H6O3/c1-3-4(6)2-5(7)8-3/h6H,2H2,1H3. The maximum absolute atomic E-state index is 10.2. The Morgan fingerprint density at radius 2 is 2.38 bits per heavy atom. The number of carbonyl (C=O) groups excluding carboxylic acids is 1. The highest BCUT2D eigenvalue weighted by Crippen LogP contribution is 2.15. The van der Waals surface area contributed by atoms with Crippen LogP contribution >= 0.6 is 0 Å². The van der Waals surface area contributed by atoms with Crippen molar-refractivity contribution in [3.63, 3.8) is 0 Å². The van der Waals surface area contributed by atoms with E-state index in [1.165, 1.54) is 0 Å². The van der Waals surface area contributed by atoms with E-state index in [2.05, 4.69) is 4.74 Å². The first-order chi connectivity index (χ1) is 3.70. The number of ether oxygens (including phenoxy) is 1. The van der Waals surface area contributed by atoms with Crippen molar-refractivity contribution in [1.29, 1.82) is 0 Å². The first-order valence-corrected chi connectivity index (χ1v) is 2.29. The molecule has 0 aromatic rings. The van der Waals surface area contributed by atoms with Gasteiger partial charge in [-0.25, -0.2) is 0 Å². The predicted octanol–water partition coefficient (Wildman–Crippen LogP) is 0.723. The molecular formula is C5H6O3. The molecule has 0 saturated heterocycles. The summed E-state index contributed by atoms with van der Waals surface area (Å²) in [6.07, 6.45) is 0.0336. The van der Waals surface area contributed by atoms with Crippen LogP contribution < -0.4 is 0 Å². The van der Waals surface area contributed by atoms with Crippen LogP contribution in [-0.4, -0.2) is 11.1 Å². The van der Waals surface area contributed by atoms with Crippen molar-refractivity contribution in [2.24, 2.45) is 0 Å². The van der Waals surface area contributed by atoms with Crippen LogP contribution in [0.4, 0.5) is 0 Å². The SMILES string of the molecule is CC1=C(O)CC(=O)O1. The molecule has 1 N–H and O–H groups in total. The summed E-state index contributed by atoms with van der Waals surface area (Å²) in [6.45, 7) is 1.56. The number of carbonyl (C=O) groups is 1. The number of aliphatic hydroxyl groups is 1. The van der Waals surface area contributed by atoms with E-state index in [1.807, 2.05) is 0 Å². The van der Waals surface area contributed by atoms with Gasteiger partial charge < -0.3 is 9.84 Å². The summed E-state index contributed by atoms with van der Waals surface area (Å²) in [6, 6.07) is 0. The quantitative estimate of drug-likeness (QED) is 0.472. The molecule has 1 aliphatic rings. The zero-order valence-electron chi connectivity index (χ0n) is 4.47. The normalized spacial score (nSPS) is 19.4. The molecule has 0 aliphatic carbocycles. The van der Waals surface area contributed by atoms with Gasteiger partial charge in [0.1, 0.15) is 17.9 Å². The Balaban J connectivity index is 2.73. The first-order valence-electron chi connectivity index (χ1n) is 2.29. The molecule has 0 radical (unpaired) electrons. The van der Waals surface area contributed by atoms with Crippen LogP contribution in [0.3, 0.4) is 0 Å². The molecule has 0 bridgehead atoms. The average molecular weight is 114 g/mol. The van der Waals surface area contributed by atoms with Crippen molar-refractivity contribution < 1.29 is 14.6 Å². The van der Waals surface area contributed by atoms with Gasteiger partial charge in [0.25, 0.3) is 0 Å². The number of hydrogen-bond donors (Lipinski definition) is 1. The summed E-state index contributed by atoms with van der Waals surface area (Å²) in [5, 5.41) is 8.70. The fourth-order valence-electron chi connectivity index (χ4n) is 0.527. The summed E-state index contributed by atoms with van der Waals surface area (Å²) < 4.78 is 4.46. The molecule has 0 spiro atoms. The van der Waals surface area contributed by atoms with Gasteiger partial charge in [-0.3, -0.25) is 4.79 Å². The third kappa shape index (κ3) is 0.665. The Morgan fingerprint density at radius 1 is 1.75 bits per heavy atom. The Bertz CT molecular complexity index is 141. The van der Waals surface area contributed by atoms with Gasteiger partial charge in [0.15, 0.2) is 0 Å². The number of esters is 1. The van der Waals surface area contributed by atoms with Crippen LogP contribution in [0.2, 0.25) is 0 Å². The van der Waals surface area contributed by atoms with Crippen LogP contribution in [0, 0.1) is 0 Å². The second-order valence-corrected chi connectivity index (χ2v) is 1.65. The number of rotatable bonds is 0. The van der Waals surface area contributed by atoms with Crippen molar-refractivity contribution in [1.82, 2.24) is 0 Å². The minimum Gasteiger partial charge on any atom is -0.508 e. The van der Waals surface area contributed by atoms with E-state index < -0.39 is 0 Å². The van der Waals surface area contributed by atoms with Gasteiger partial charge in [-0.1, -0.05) is 0 Å². The van der Waals surface area contributed by atoms with Crippen molar-refractivity contribution in [2.45, 2.75) is 13.3 Å². The molecular weight excluding hydrogens is 108 g/mol. The van der Waals surface area contributed by atoms with E-state index in [0.717, 1.165) is 0 Å². The molecule has 0 amide bonds. The summed E-state index contributed by atoms with van der Waals surface area (Å²) >= 11 is 0. The van der Waals surface area contributed by atoms with Gasteiger partial charge in [-0.2, -0.15) is 0 Å². The molecule has 0 fully saturated rings. The van der Waals surface area contributed by atoms with Crippen LogP contribution in [0.5, 0.6) is 0 Å². The third-order valence-corrected chi connectivity index (χ3v) is 0.985. The Hall–Kier alpha value is -0.990. The summed E-state index contributed by atoms with van der Waals surface area (Å²) in [7, 11) is 0. The summed E-state index contributed by atoms with van der Waals surface area (Å²) in [5.74, 6) is 0.00463. The predicted molar refractivity (Wildman–Crippen MR) is 26.0 cm³/mol. The number of cyclic esters (lactones) is 1. The van der Waals surface area contributed by atoms with Crippen molar-refractivity contribution in [3.05, 3.63) is 11.5 Å². The monoisotopic (exact) mass is 114 g/mol. The van der Waals surface area contributed by atoms with Crippen LogP contribution in [-0.2, 0) is 9.53 Å². The molecule has 1 aliphatic heterocycles. The Morgan fingerprint density at radius 3 is 2.50 bits per heavy atom. The highest BCUT2D eigenvalue weighted by atomic mass is 16.5. The second-order valence-electron chi connectivity index (χ2n) is 1.65. The van der Waals surface area contributed by atoms with E-state index >= 15 is 0 Å². The zero-order valence-corrected chi connectivity index (χ0v) is 4.47. The topological polar surface area (TPSA) is 46.5 Å². The molecule has 8 heavy (non-hydrogen) atoms. The average Bonchev–Trinajstić information content (AvgIpc) is 1.85. The molecule has 44 valence electrons. The maximum Gasteiger partial charge on any atom is 0.318 e. The first kappa shape index (κ1) is 5.15. The number of allylic oxidation sites excluding steroid dienone is 1. The Labute approximate surface area is 46.6 Å².